The Bertz CT molecular complexity index is 3620. The Morgan fingerprint density at radius 1 is 0.255 bits per heavy atom. The normalized spacial score (nSPS) is 18.8. The maximum Gasteiger partial charge on any atom is 0.0456 e. The SMILES string of the molecule is C.C.C.CC1CCc2c(ccc3c2C=CC3)C1.CC1CCc2c(ccc3c2C=CC3)C1.CC1CCc2cc3[nH]ccc3cc2C1.CC1CCc2cc3[nH]ccc3cc2C1.CC1CCc2ccccc2C1.CC1CCc2ccccc2C1.CC1CCc2ccccc2C1.[CH3-].[CH3-].[CH3-].[CH3-].[CH3-].[CH3-].[CH3-].[Y].[Y].[Y].[Y].[Y].[Y].[Y]. The molecule has 0 fully saturated rings. The number of hydrogen-bond acceptors (Lipinski definition) is 0. The molecule has 2 N–H and O–H groups in total. The van der Waals surface area contributed by atoms with Crippen LogP contribution >= 0.6 is 0 Å². The van der Waals surface area contributed by atoms with Gasteiger partial charge < -0.3 is 62.0 Å². The van der Waals surface area contributed by atoms with E-state index in [4.69, 9.17) is 0 Å². The molecular weight excluding hydrogens is 1820 g/mol. The molecule has 0 saturated carbocycles. The molecule has 7 aromatic carbocycles. The van der Waals surface area contributed by atoms with Crippen molar-refractivity contribution in [2.24, 2.45) is 41.4 Å². The summed E-state index contributed by atoms with van der Waals surface area (Å²) in [7, 11) is 0. The van der Waals surface area contributed by atoms with Gasteiger partial charge in [-0.25, -0.2) is 0 Å². The standard InChI is InChI=1S/2C14H16.2C13H15N.3C11H14.3CH4.7CH3.7Y/c2*1-10-5-8-14-12(9-10)7-6-11-3-2-4-13(11)14;2*1-9-2-3-10-8-13-11(4-5-14-13)7-12(10)6-9;3*1-9-6-7-10-4-2-3-5-11(10)8-9;;;;;;;;;;;;;;;;;/h2*2,4,6-7,10H,3,5,8-9H2,1H3;2*4-5,7-9,14H,2-3,6H2,1H3;3*2-5,9H,6-8H2,1H3;3*1H4;7*1H3;;;;;;;/q;;;;;;;;;;7*-1;;;;;;;. The van der Waals surface area contributed by atoms with Crippen molar-refractivity contribution >= 4 is 34.0 Å². The van der Waals surface area contributed by atoms with Crippen molar-refractivity contribution in [3.05, 3.63) is 310 Å². The molecule has 2 heterocycles. The maximum atomic E-state index is 3.28. The zero-order valence-electron chi connectivity index (χ0n) is 66.5. The van der Waals surface area contributed by atoms with Crippen LogP contribution in [0.1, 0.15) is 216 Å². The van der Waals surface area contributed by atoms with Crippen molar-refractivity contribution in [1.82, 2.24) is 9.97 Å². The Hall–Kier alpha value is 0.827. The van der Waals surface area contributed by atoms with Gasteiger partial charge in [0.25, 0.3) is 0 Å². The van der Waals surface area contributed by atoms with Crippen LogP contribution < -0.4 is 0 Å². The Labute approximate surface area is 830 Å². The average molecular weight is 1950 g/mol. The molecule has 9 aliphatic rings. The van der Waals surface area contributed by atoms with Crippen molar-refractivity contribution in [3.63, 3.8) is 0 Å². The second-order valence-corrected chi connectivity index (χ2v) is 29.4. The summed E-state index contributed by atoms with van der Waals surface area (Å²) in [4.78, 5) is 6.56. The number of hydrogen-bond donors (Lipinski definition) is 2. The molecule has 2 aromatic heterocycles. The van der Waals surface area contributed by atoms with Gasteiger partial charge in [0.15, 0.2) is 0 Å². The molecule has 9 heteroatoms. The average Bonchev–Trinajstić information content (AvgIpc) is 1.40. The summed E-state index contributed by atoms with van der Waals surface area (Å²) in [6.07, 6.45) is 43.1. The largest absolute Gasteiger partial charge is 0.361 e. The van der Waals surface area contributed by atoms with Gasteiger partial charge in [-0.2, -0.15) is 0 Å². The third-order valence-corrected chi connectivity index (χ3v) is 21.7. The molecule has 18 rings (SSSR count). The van der Waals surface area contributed by atoms with Crippen LogP contribution in [0.4, 0.5) is 0 Å². The van der Waals surface area contributed by atoms with Crippen LogP contribution in [0.2, 0.25) is 0 Å². The third kappa shape index (κ3) is 32.4. The Kier molecular flexibility index (Phi) is 65.1. The Balaban J connectivity index is -0.000000269. The second kappa shape index (κ2) is 58.6. The molecule has 0 spiro atoms. The number of allylic oxidation sites excluding steroid dienone is 2. The number of aromatic nitrogens is 2. The van der Waals surface area contributed by atoms with E-state index in [1.807, 2.05) is 12.4 Å². The first-order valence-electron chi connectivity index (χ1n) is 35.4. The molecule has 9 aromatic rings. The molecule has 0 bridgehead atoms. The van der Waals surface area contributed by atoms with Gasteiger partial charge >= 0.3 is 0 Å². The van der Waals surface area contributed by atoms with Crippen LogP contribution in [0.3, 0.4) is 0 Å². The first-order chi connectivity index (χ1) is 43.4. The van der Waals surface area contributed by atoms with Gasteiger partial charge in [0.1, 0.15) is 0 Å². The van der Waals surface area contributed by atoms with Gasteiger partial charge in [0, 0.05) is 252 Å². The fourth-order valence-electron chi connectivity index (χ4n) is 16.2. The molecule has 563 valence electrons. The van der Waals surface area contributed by atoms with Gasteiger partial charge in [-0.15, -0.1) is 0 Å². The predicted molar refractivity (Wildman–Crippen MR) is 448 cm³/mol. The topological polar surface area (TPSA) is 31.6 Å². The molecule has 9 aliphatic carbocycles. The van der Waals surface area contributed by atoms with Crippen LogP contribution in [0.25, 0.3) is 34.0 Å². The number of H-pyrrole nitrogens is 2. The van der Waals surface area contributed by atoms with E-state index in [2.05, 4.69) is 216 Å². The fraction of sp³-hybridized carbons (Fsp3) is 0.412. The van der Waals surface area contributed by atoms with Crippen LogP contribution in [0, 0.1) is 93.4 Å². The minimum Gasteiger partial charge on any atom is -0.361 e. The summed E-state index contributed by atoms with van der Waals surface area (Å²) in [6.45, 7) is 16.5. The summed E-state index contributed by atoms with van der Waals surface area (Å²) in [5.41, 5.74) is 31.0. The van der Waals surface area contributed by atoms with E-state index < -0.39 is 0 Å². The van der Waals surface area contributed by atoms with Gasteiger partial charge in [0.05, 0.1) is 0 Å². The van der Waals surface area contributed by atoms with E-state index in [0.717, 1.165) is 54.3 Å². The molecule has 2 nitrogen and oxygen atoms in total. The number of aryl methyl sites for hydroxylation is 5. The first kappa shape index (κ1) is 118. The van der Waals surface area contributed by atoms with Crippen molar-refractivity contribution < 1.29 is 229 Å². The molecule has 7 radical (unpaired) electrons. The zero-order chi connectivity index (χ0) is 61.2. The van der Waals surface area contributed by atoms with Gasteiger partial charge in [-0.1, -0.05) is 192 Å². The third-order valence-electron chi connectivity index (χ3n) is 21.7. The summed E-state index contributed by atoms with van der Waals surface area (Å²) < 4.78 is 0. The number of fused-ring (bicyclic) bond motifs is 13. The summed E-state index contributed by atoms with van der Waals surface area (Å²) in [5.74, 6) is 6.16. The number of benzene rings is 7. The van der Waals surface area contributed by atoms with Gasteiger partial charge in [-0.3, -0.25) is 0 Å². The molecule has 0 amide bonds. The fourth-order valence-corrected chi connectivity index (χ4v) is 16.2. The Morgan fingerprint density at radius 3 is 0.802 bits per heavy atom. The van der Waals surface area contributed by atoms with E-state index in [9.17, 15) is 0 Å². The van der Waals surface area contributed by atoms with E-state index in [1.165, 1.54) is 157 Å². The minimum atomic E-state index is 0. The second-order valence-electron chi connectivity index (χ2n) is 29.4. The van der Waals surface area contributed by atoms with E-state index >= 15 is 0 Å². The molecule has 106 heavy (non-hydrogen) atoms. The van der Waals surface area contributed by atoms with Gasteiger partial charge in [0.2, 0.25) is 0 Å². The smallest absolute Gasteiger partial charge is 0.0456 e. The van der Waals surface area contributed by atoms with Crippen LogP contribution in [-0.2, 0) is 332 Å². The van der Waals surface area contributed by atoms with Crippen LogP contribution in [0.5, 0.6) is 0 Å². The maximum absolute atomic E-state index is 3.28. The van der Waals surface area contributed by atoms with Gasteiger partial charge in [-0.05, 0) is 336 Å². The van der Waals surface area contributed by atoms with Crippen LogP contribution in [0.15, 0.2) is 158 Å². The molecule has 0 aliphatic heterocycles. The summed E-state index contributed by atoms with van der Waals surface area (Å²) in [5, 5.41) is 2.72. The van der Waals surface area contributed by atoms with Crippen molar-refractivity contribution in [2.45, 2.75) is 218 Å². The Morgan fingerprint density at radius 2 is 0.500 bits per heavy atom. The monoisotopic (exact) mass is 1950 g/mol. The van der Waals surface area contributed by atoms with Crippen molar-refractivity contribution in [3.8, 4) is 0 Å². The van der Waals surface area contributed by atoms with Crippen molar-refractivity contribution in [2.75, 3.05) is 0 Å². The predicted octanol–water partition coefficient (Wildman–Crippen LogP) is 26.8. The van der Waals surface area contributed by atoms with Crippen molar-refractivity contribution in [1.29, 1.82) is 0 Å². The number of nitrogens with one attached hydrogen (secondary N) is 2. The molecule has 0 saturated heterocycles. The summed E-state index contributed by atoms with van der Waals surface area (Å²) >= 11 is 0. The van der Waals surface area contributed by atoms with E-state index in [0.29, 0.717) is 0 Å². The molecule has 7 unspecified atom stereocenters. The quantitative estimate of drug-likeness (QED) is 0.142. The zero-order valence-corrected chi connectivity index (χ0v) is 86.4. The van der Waals surface area contributed by atoms with Crippen LogP contribution in [-0.4, -0.2) is 9.97 Å². The molecule has 7 atom stereocenters. The minimum absolute atomic E-state index is 0. The summed E-state index contributed by atoms with van der Waals surface area (Å²) in [6, 6.07) is 49.6. The first-order valence-corrected chi connectivity index (χ1v) is 35.4. The van der Waals surface area contributed by atoms with E-state index in [1.54, 1.807) is 100 Å². The number of rotatable bonds is 0. The number of aromatic amines is 2. The molecular formula is C97H137N2Y7-7. The van der Waals surface area contributed by atoms with E-state index in [-0.39, 0.29) is 303 Å².